The summed E-state index contributed by atoms with van der Waals surface area (Å²) in [6.07, 6.45) is 0.274. The first kappa shape index (κ1) is 19.7. The number of nitrogens with one attached hydrogen (secondary N) is 2. The highest BCUT2D eigenvalue weighted by Crippen LogP contribution is 2.42. The van der Waals surface area contributed by atoms with Gasteiger partial charge in [-0.2, -0.15) is 4.83 Å². The van der Waals surface area contributed by atoms with Crippen LogP contribution in [0, 0.1) is 12.7 Å². The number of aryl methyl sites for hydroxylation is 1. The van der Waals surface area contributed by atoms with Gasteiger partial charge in [0.15, 0.2) is 5.75 Å². The fourth-order valence-corrected chi connectivity index (χ4v) is 3.32. The van der Waals surface area contributed by atoms with Crippen molar-refractivity contribution in [3.8, 4) is 11.5 Å². The predicted molar refractivity (Wildman–Crippen MR) is 101 cm³/mol. The normalized spacial score (nSPS) is 17.6. The fraction of sp³-hybridized carbons (Fsp3) is 0.235. The van der Waals surface area contributed by atoms with Crippen LogP contribution < -0.4 is 19.9 Å². The number of carbonyl (C=O) groups is 1. The topological polar surface area (TPSA) is 90.9 Å². The maximum absolute atomic E-state index is 13.6. The number of carbonyl (C=O) groups excluding carboxylic acids is 1. The van der Waals surface area contributed by atoms with Crippen LogP contribution in [0.25, 0.3) is 0 Å². The molecule has 2 aromatic rings. The van der Waals surface area contributed by atoms with E-state index >= 15 is 0 Å². The molecule has 10 heteroatoms. The van der Waals surface area contributed by atoms with E-state index in [0.29, 0.717) is 11.4 Å². The minimum Gasteiger partial charge on any atom is -0.453 e. The van der Waals surface area contributed by atoms with Gasteiger partial charge in [-0.25, -0.2) is 14.0 Å². The van der Waals surface area contributed by atoms with Crippen molar-refractivity contribution < 1.29 is 22.7 Å². The molecule has 2 atom stereocenters. The molecule has 1 aliphatic rings. The van der Waals surface area contributed by atoms with E-state index in [1.165, 1.54) is 23.1 Å². The highest BCUT2D eigenvalue weighted by atomic mass is 35.5. The third kappa shape index (κ3) is 4.12. The van der Waals surface area contributed by atoms with Crippen LogP contribution in [0.5, 0.6) is 11.5 Å². The van der Waals surface area contributed by atoms with Gasteiger partial charge in [0, 0.05) is 19.5 Å². The Morgan fingerprint density at radius 3 is 2.81 bits per heavy atom. The lowest BCUT2D eigenvalue weighted by Crippen LogP contribution is -2.54. The van der Waals surface area contributed by atoms with E-state index in [0.717, 1.165) is 11.1 Å². The summed E-state index contributed by atoms with van der Waals surface area (Å²) in [6, 6.07) is 6.74. The number of halogens is 2. The molecule has 1 amide bonds. The zero-order valence-electron chi connectivity index (χ0n) is 14.5. The molecule has 0 spiro atoms. The quantitative estimate of drug-likeness (QED) is 0.518. The third-order valence-electron chi connectivity index (χ3n) is 4.23. The number of rotatable bonds is 5. The maximum Gasteiger partial charge on any atom is 0.245 e. The summed E-state index contributed by atoms with van der Waals surface area (Å²) in [5, 5.41) is 0.243. The Morgan fingerprint density at radius 1 is 1.37 bits per heavy atom. The Kier molecular flexibility index (Phi) is 5.78. The van der Waals surface area contributed by atoms with Crippen LogP contribution in [0.1, 0.15) is 11.1 Å². The van der Waals surface area contributed by atoms with Gasteiger partial charge in [-0.1, -0.05) is 23.7 Å². The zero-order chi connectivity index (χ0) is 19.7. The van der Waals surface area contributed by atoms with Gasteiger partial charge in [-0.05, 0) is 30.2 Å². The lowest BCUT2D eigenvalue weighted by atomic mass is 9.95. The number of likely N-dealkylation sites (N-methyl/N-ethyl adjacent to an activating group) is 1. The van der Waals surface area contributed by atoms with Gasteiger partial charge in [0.2, 0.25) is 17.2 Å². The fourth-order valence-electron chi connectivity index (χ4n) is 2.92. The Balaban J connectivity index is 1.99. The highest BCUT2D eigenvalue weighted by Gasteiger charge is 2.33. The van der Waals surface area contributed by atoms with Crippen molar-refractivity contribution in [1.82, 2.24) is 10.3 Å². The molecule has 2 aromatic carbocycles. The molecule has 2 unspecified atom stereocenters. The Hall–Kier alpha value is -2.04. The molecule has 0 bridgehead atoms. The molecule has 7 nitrogen and oxygen atoms in total. The van der Waals surface area contributed by atoms with Gasteiger partial charge in [0.1, 0.15) is 17.6 Å². The summed E-state index contributed by atoms with van der Waals surface area (Å²) in [6.45, 7) is 1.81. The number of benzene rings is 2. The highest BCUT2D eigenvalue weighted by molar-refractivity contribution is 7.77. The largest absolute Gasteiger partial charge is 0.453 e. The monoisotopic (exact) mass is 413 g/mol. The minimum atomic E-state index is -2.30. The zero-order valence-corrected chi connectivity index (χ0v) is 16.0. The first-order valence-electron chi connectivity index (χ1n) is 7.93. The van der Waals surface area contributed by atoms with E-state index in [4.69, 9.17) is 20.9 Å². The summed E-state index contributed by atoms with van der Waals surface area (Å²) >= 11 is 3.80. The molecule has 3 rings (SSSR count). The van der Waals surface area contributed by atoms with E-state index < -0.39 is 23.1 Å². The average molecular weight is 414 g/mol. The van der Waals surface area contributed by atoms with Crippen LogP contribution >= 0.6 is 11.6 Å². The van der Waals surface area contributed by atoms with Crippen molar-refractivity contribution in [2.45, 2.75) is 19.4 Å². The summed E-state index contributed by atoms with van der Waals surface area (Å²) in [4.78, 5) is 16.2. The predicted octanol–water partition coefficient (Wildman–Crippen LogP) is 2.70. The maximum atomic E-state index is 13.6. The number of ether oxygens (including phenoxy) is 1. The van der Waals surface area contributed by atoms with Gasteiger partial charge in [-0.3, -0.25) is 9.35 Å². The molecule has 0 aliphatic carbocycles. The first-order valence-corrected chi connectivity index (χ1v) is 9.41. The van der Waals surface area contributed by atoms with Crippen LogP contribution in [0.3, 0.4) is 0 Å². The molecular formula is C17H17ClFN3O4S. The van der Waals surface area contributed by atoms with Gasteiger partial charge >= 0.3 is 0 Å². The van der Waals surface area contributed by atoms with Gasteiger partial charge < -0.3 is 9.64 Å². The smallest absolute Gasteiger partial charge is 0.245 e. The molecule has 0 fully saturated rings. The van der Waals surface area contributed by atoms with Crippen molar-refractivity contribution in [3.63, 3.8) is 0 Å². The summed E-state index contributed by atoms with van der Waals surface area (Å²) in [5.41, 5.74) is 4.62. The molecular weight excluding hydrogens is 397 g/mol. The summed E-state index contributed by atoms with van der Waals surface area (Å²) < 4.78 is 39.1. The lowest BCUT2D eigenvalue weighted by molar-refractivity contribution is -0.120. The molecule has 1 heterocycles. The van der Waals surface area contributed by atoms with Crippen LogP contribution in [-0.4, -0.2) is 27.8 Å². The molecule has 3 N–H and O–H groups in total. The Labute approximate surface area is 162 Å². The average Bonchev–Trinajstić information content (AvgIpc) is 2.62. The second-order valence-corrected chi connectivity index (χ2v) is 7.16. The third-order valence-corrected chi connectivity index (χ3v) is 4.83. The van der Waals surface area contributed by atoms with Gasteiger partial charge in [-0.15, -0.1) is 0 Å². The van der Waals surface area contributed by atoms with Crippen LogP contribution in [0.4, 0.5) is 10.1 Å². The molecule has 144 valence electrons. The second-order valence-electron chi connectivity index (χ2n) is 6.05. The summed E-state index contributed by atoms with van der Waals surface area (Å²) in [5.74, 6) is -0.269. The van der Waals surface area contributed by atoms with E-state index in [2.05, 4.69) is 10.3 Å². The van der Waals surface area contributed by atoms with Crippen LogP contribution in [0.15, 0.2) is 30.3 Å². The Bertz CT molecular complexity index is 927. The van der Waals surface area contributed by atoms with E-state index in [9.17, 15) is 13.4 Å². The molecule has 1 aliphatic heterocycles. The number of nitrogens with zero attached hydrogens (tertiary/aromatic N) is 1. The molecule has 0 saturated heterocycles. The van der Waals surface area contributed by atoms with E-state index in [1.807, 2.05) is 19.1 Å². The molecule has 27 heavy (non-hydrogen) atoms. The van der Waals surface area contributed by atoms with Crippen molar-refractivity contribution >= 4 is 34.5 Å². The Morgan fingerprint density at radius 2 is 2.11 bits per heavy atom. The van der Waals surface area contributed by atoms with Crippen molar-refractivity contribution in [2.24, 2.45) is 0 Å². The number of fused-ring (bicyclic) bond motifs is 1. The van der Waals surface area contributed by atoms with E-state index in [1.54, 1.807) is 7.05 Å². The SMILES string of the molecule is Cc1ccc2c(c1Oc1cc(F)ccc1Cl)N(C)C(=O)C(NNS(=O)O)C2. The van der Waals surface area contributed by atoms with E-state index in [-0.39, 0.29) is 23.1 Å². The lowest BCUT2D eigenvalue weighted by Gasteiger charge is -2.33. The number of hydrogen-bond donors (Lipinski definition) is 3. The van der Waals surface area contributed by atoms with Crippen molar-refractivity contribution in [3.05, 3.63) is 52.3 Å². The number of anilines is 1. The minimum absolute atomic E-state index is 0.145. The molecule has 0 saturated carbocycles. The van der Waals surface area contributed by atoms with Gasteiger partial charge in [0.25, 0.3) is 0 Å². The van der Waals surface area contributed by atoms with Crippen molar-refractivity contribution in [2.75, 3.05) is 11.9 Å². The number of amides is 1. The summed E-state index contributed by atoms with van der Waals surface area (Å²) in [7, 11) is 1.57. The standard InChI is InChI=1S/C17H17ClFN3O4S/c1-9-3-4-10-7-13(20-21-27(24)25)17(23)22(2)15(10)16(9)26-14-8-11(19)5-6-12(14)18/h3-6,8,13,20-21H,7H2,1-2H3,(H,24,25). The molecule has 0 radical (unpaired) electrons. The first-order chi connectivity index (χ1) is 12.8. The molecule has 0 aromatic heterocycles. The van der Waals surface area contributed by atoms with Crippen molar-refractivity contribution in [1.29, 1.82) is 0 Å². The van der Waals surface area contributed by atoms with Gasteiger partial charge in [0.05, 0.1) is 10.7 Å². The van der Waals surface area contributed by atoms with Crippen LogP contribution in [0.2, 0.25) is 5.02 Å². The number of hydrogen-bond acceptors (Lipinski definition) is 4. The second kappa shape index (κ2) is 7.91. The van der Waals surface area contributed by atoms with Crippen LogP contribution in [-0.2, 0) is 22.5 Å². The number of hydrazine groups is 1.